The van der Waals surface area contributed by atoms with Gasteiger partial charge in [-0.15, -0.1) is 0 Å². The fourth-order valence-corrected chi connectivity index (χ4v) is 1.59. The molecule has 0 spiro atoms. The Labute approximate surface area is 110 Å². The lowest BCUT2D eigenvalue weighted by Crippen LogP contribution is -2.22. The second kappa shape index (κ2) is 6.43. The van der Waals surface area contributed by atoms with E-state index in [9.17, 15) is 13.2 Å². The minimum Gasteiger partial charge on any atom is -0.380 e. The molecule has 0 amide bonds. The van der Waals surface area contributed by atoms with Crippen LogP contribution >= 0.6 is 0 Å². The number of rotatable bonds is 5. The van der Waals surface area contributed by atoms with E-state index in [-0.39, 0.29) is 11.6 Å². The molecule has 1 unspecified atom stereocenters. The Bertz CT molecular complexity index is 466. The molecule has 19 heavy (non-hydrogen) atoms. The van der Waals surface area contributed by atoms with Crippen molar-refractivity contribution in [1.82, 2.24) is 0 Å². The fraction of sp³-hybridized carbons (Fsp3) is 0.462. The van der Waals surface area contributed by atoms with Gasteiger partial charge in [-0.2, -0.15) is 18.4 Å². The summed E-state index contributed by atoms with van der Waals surface area (Å²) in [7, 11) is 0. The molecule has 0 bridgehead atoms. The van der Waals surface area contributed by atoms with Crippen molar-refractivity contribution in [1.29, 1.82) is 5.26 Å². The summed E-state index contributed by atoms with van der Waals surface area (Å²) < 4.78 is 43.4. The summed E-state index contributed by atoms with van der Waals surface area (Å²) in [5.41, 5.74) is -0.988. The molecule has 0 saturated carbocycles. The summed E-state index contributed by atoms with van der Waals surface area (Å²) in [5, 5.41) is 11.6. The predicted octanol–water partition coefficient (Wildman–Crippen LogP) is 3.41. The number of benzene rings is 1. The van der Waals surface area contributed by atoms with Crippen LogP contribution in [0.5, 0.6) is 0 Å². The van der Waals surface area contributed by atoms with Crippen molar-refractivity contribution in [3.63, 3.8) is 0 Å². The normalized spacial score (nSPS) is 12.8. The van der Waals surface area contributed by atoms with Crippen molar-refractivity contribution in [2.75, 3.05) is 18.5 Å². The van der Waals surface area contributed by atoms with Gasteiger partial charge in [-0.3, -0.25) is 0 Å². The van der Waals surface area contributed by atoms with Crippen molar-refractivity contribution in [2.45, 2.75) is 26.1 Å². The SMILES string of the molecule is CCOCC(C)Nc1ccc(C#N)c(C(F)(F)F)c1. The molecule has 0 aliphatic rings. The van der Waals surface area contributed by atoms with Gasteiger partial charge in [0, 0.05) is 18.3 Å². The number of nitriles is 1. The highest BCUT2D eigenvalue weighted by molar-refractivity contribution is 5.53. The number of anilines is 1. The van der Waals surface area contributed by atoms with E-state index in [0.717, 1.165) is 6.07 Å². The summed E-state index contributed by atoms with van der Waals surface area (Å²) in [5.74, 6) is 0. The molecule has 1 aromatic rings. The van der Waals surface area contributed by atoms with Gasteiger partial charge >= 0.3 is 6.18 Å². The summed E-state index contributed by atoms with van der Waals surface area (Å²) >= 11 is 0. The number of nitrogens with one attached hydrogen (secondary N) is 1. The second-order valence-electron chi connectivity index (χ2n) is 4.07. The lowest BCUT2D eigenvalue weighted by molar-refractivity contribution is -0.137. The number of hydrogen-bond acceptors (Lipinski definition) is 3. The molecule has 0 aliphatic heterocycles. The van der Waals surface area contributed by atoms with Gasteiger partial charge in [0.05, 0.1) is 23.8 Å². The Balaban J connectivity index is 2.91. The minimum atomic E-state index is -4.54. The first-order chi connectivity index (χ1) is 8.88. The van der Waals surface area contributed by atoms with Gasteiger partial charge in [-0.25, -0.2) is 0 Å². The molecular weight excluding hydrogens is 257 g/mol. The first-order valence-corrected chi connectivity index (χ1v) is 5.84. The highest BCUT2D eigenvalue weighted by Crippen LogP contribution is 2.33. The Hall–Kier alpha value is -1.74. The average Bonchev–Trinajstić information content (AvgIpc) is 2.35. The lowest BCUT2D eigenvalue weighted by Gasteiger charge is -2.17. The van der Waals surface area contributed by atoms with E-state index in [1.807, 2.05) is 6.92 Å². The average molecular weight is 272 g/mol. The summed E-state index contributed by atoms with van der Waals surface area (Å²) in [6.07, 6.45) is -4.54. The van der Waals surface area contributed by atoms with Gasteiger partial charge in [-0.05, 0) is 32.0 Å². The van der Waals surface area contributed by atoms with E-state index < -0.39 is 11.7 Å². The maximum Gasteiger partial charge on any atom is 0.417 e. The molecule has 1 aromatic carbocycles. The third kappa shape index (κ3) is 4.45. The molecule has 3 nitrogen and oxygen atoms in total. The molecule has 0 aromatic heterocycles. The number of halogens is 3. The van der Waals surface area contributed by atoms with Crippen LogP contribution in [0.4, 0.5) is 18.9 Å². The van der Waals surface area contributed by atoms with Crippen LogP contribution in [0.1, 0.15) is 25.0 Å². The van der Waals surface area contributed by atoms with E-state index in [4.69, 9.17) is 10.00 Å². The van der Waals surface area contributed by atoms with E-state index in [0.29, 0.717) is 18.9 Å². The van der Waals surface area contributed by atoms with Crippen LogP contribution < -0.4 is 5.32 Å². The smallest absolute Gasteiger partial charge is 0.380 e. The first kappa shape index (κ1) is 15.3. The Kier molecular flexibility index (Phi) is 5.19. The topological polar surface area (TPSA) is 45.0 Å². The molecule has 0 aliphatic carbocycles. The second-order valence-corrected chi connectivity index (χ2v) is 4.07. The molecule has 104 valence electrons. The number of nitrogens with zero attached hydrogens (tertiary/aromatic N) is 1. The Morgan fingerprint density at radius 3 is 2.63 bits per heavy atom. The van der Waals surface area contributed by atoms with E-state index in [1.54, 1.807) is 13.0 Å². The third-order valence-corrected chi connectivity index (χ3v) is 2.43. The molecule has 0 fully saturated rings. The third-order valence-electron chi connectivity index (χ3n) is 2.43. The molecule has 0 heterocycles. The Morgan fingerprint density at radius 2 is 2.11 bits per heavy atom. The quantitative estimate of drug-likeness (QED) is 0.893. The zero-order chi connectivity index (χ0) is 14.5. The van der Waals surface area contributed by atoms with Crippen LogP contribution in [-0.2, 0) is 10.9 Å². The van der Waals surface area contributed by atoms with Crippen LogP contribution in [0.15, 0.2) is 18.2 Å². The zero-order valence-corrected chi connectivity index (χ0v) is 10.7. The monoisotopic (exact) mass is 272 g/mol. The summed E-state index contributed by atoms with van der Waals surface area (Å²) in [4.78, 5) is 0. The molecule has 6 heteroatoms. The van der Waals surface area contributed by atoms with Crippen LogP contribution in [0.25, 0.3) is 0 Å². The summed E-state index contributed by atoms with van der Waals surface area (Å²) in [6.45, 7) is 4.60. The van der Waals surface area contributed by atoms with Crippen molar-refractivity contribution in [3.8, 4) is 6.07 Å². The van der Waals surface area contributed by atoms with E-state index >= 15 is 0 Å². The molecule has 1 rings (SSSR count). The molecular formula is C13H15F3N2O. The lowest BCUT2D eigenvalue weighted by atomic mass is 10.1. The van der Waals surface area contributed by atoms with Gasteiger partial charge in [0.1, 0.15) is 0 Å². The fourth-order valence-electron chi connectivity index (χ4n) is 1.59. The van der Waals surface area contributed by atoms with Crippen LogP contribution in [-0.4, -0.2) is 19.3 Å². The number of alkyl halides is 3. The first-order valence-electron chi connectivity index (χ1n) is 5.84. The van der Waals surface area contributed by atoms with Gasteiger partial charge < -0.3 is 10.1 Å². The molecule has 1 N–H and O–H groups in total. The highest BCUT2D eigenvalue weighted by Gasteiger charge is 2.33. The van der Waals surface area contributed by atoms with E-state index in [2.05, 4.69) is 5.32 Å². The highest BCUT2D eigenvalue weighted by atomic mass is 19.4. The molecule has 1 atom stereocenters. The summed E-state index contributed by atoms with van der Waals surface area (Å²) in [6, 6.07) is 4.99. The van der Waals surface area contributed by atoms with E-state index in [1.165, 1.54) is 12.1 Å². The van der Waals surface area contributed by atoms with Crippen LogP contribution in [0.3, 0.4) is 0 Å². The molecule has 0 radical (unpaired) electrons. The van der Waals surface area contributed by atoms with Crippen LogP contribution in [0.2, 0.25) is 0 Å². The van der Waals surface area contributed by atoms with Gasteiger partial charge in [-0.1, -0.05) is 0 Å². The minimum absolute atomic E-state index is 0.117. The van der Waals surface area contributed by atoms with Gasteiger partial charge in [0.15, 0.2) is 0 Å². The number of ether oxygens (including phenoxy) is 1. The van der Waals surface area contributed by atoms with Crippen molar-refractivity contribution >= 4 is 5.69 Å². The van der Waals surface area contributed by atoms with Gasteiger partial charge in [0.25, 0.3) is 0 Å². The van der Waals surface area contributed by atoms with Gasteiger partial charge in [0.2, 0.25) is 0 Å². The Morgan fingerprint density at radius 1 is 1.42 bits per heavy atom. The zero-order valence-electron chi connectivity index (χ0n) is 10.7. The van der Waals surface area contributed by atoms with Crippen molar-refractivity contribution in [3.05, 3.63) is 29.3 Å². The van der Waals surface area contributed by atoms with Crippen molar-refractivity contribution in [2.24, 2.45) is 0 Å². The van der Waals surface area contributed by atoms with Crippen LogP contribution in [0, 0.1) is 11.3 Å². The molecule has 0 saturated heterocycles. The standard InChI is InChI=1S/C13H15F3N2O/c1-3-19-8-9(2)18-11-5-4-10(7-17)12(6-11)13(14,15)16/h4-6,9,18H,3,8H2,1-2H3. The maximum absolute atomic E-state index is 12.8. The number of hydrogen-bond donors (Lipinski definition) is 1. The maximum atomic E-state index is 12.8. The predicted molar refractivity (Wildman–Crippen MR) is 65.7 cm³/mol. The largest absolute Gasteiger partial charge is 0.417 e. The van der Waals surface area contributed by atoms with Crippen molar-refractivity contribution < 1.29 is 17.9 Å².